The monoisotopic (exact) mass is 483 g/mol. The van der Waals surface area contributed by atoms with E-state index >= 15 is 0 Å². The highest BCUT2D eigenvalue weighted by Gasteiger charge is 2.29. The average molecular weight is 484 g/mol. The normalized spacial score (nSPS) is 13.5. The number of anilines is 2. The molecule has 0 fully saturated rings. The number of carbonyl (C=O) groups excluding carboxylic acids is 2. The van der Waals surface area contributed by atoms with Crippen LogP contribution >= 0.6 is 23.2 Å². The zero-order chi connectivity index (χ0) is 23.8. The van der Waals surface area contributed by atoms with Crippen LogP contribution in [0.25, 0.3) is 0 Å². The van der Waals surface area contributed by atoms with Crippen molar-refractivity contribution in [1.82, 2.24) is 10.6 Å². The van der Waals surface area contributed by atoms with E-state index in [1.165, 1.54) is 6.92 Å². The molecular weight excluding hydrogens is 461 g/mol. The van der Waals surface area contributed by atoms with Gasteiger partial charge in [-0.3, -0.25) is 9.59 Å². The zero-order valence-electron chi connectivity index (χ0n) is 17.0. The smallest absolute Gasteiger partial charge is 0.328 e. The highest BCUT2D eigenvalue weighted by molar-refractivity contribution is 6.39. The van der Waals surface area contributed by atoms with Gasteiger partial charge in [-0.25, -0.2) is 4.79 Å². The molecule has 0 bridgehead atoms. The summed E-state index contributed by atoms with van der Waals surface area (Å²) in [4.78, 5) is 35.9. The lowest BCUT2D eigenvalue weighted by molar-refractivity contribution is -0.145. The van der Waals surface area contributed by atoms with Crippen LogP contribution in [0.1, 0.15) is 12.5 Å². The Morgan fingerprint density at radius 3 is 2.19 bits per heavy atom. The number of aliphatic carboxylic acids is 1. The second kappa shape index (κ2) is 11.7. The fraction of sp³-hybridized carbons (Fsp3) is 0.286. The summed E-state index contributed by atoms with van der Waals surface area (Å²) in [7, 11) is 0. The topological polar surface area (TPSA) is 148 Å². The van der Waals surface area contributed by atoms with Crippen molar-refractivity contribution in [1.29, 1.82) is 0 Å². The summed E-state index contributed by atoms with van der Waals surface area (Å²) in [6, 6.07) is 8.91. The second-order valence-corrected chi connectivity index (χ2v) is 7.74. The van der Waals surface area contributed by atoms with E-state index in [1.54, 1.807) is 42.5 Å². The van der Waals surface area contributed by atoms with E-state index in [9.17, 15) is 24.6 Å². The number of carbonyl (C=O) groups is 3. The molecule has 11 heteroatoms. The van der Waals surface area contributed by atoms with Crippen LogP contribution in [-0.4, -0.2) is 57.9 Å². The number of rotatable bonds is 10. The third-order valence-corrected chi connectivity index (χ3v) is 5.10. The number of amides is 2. The Hall–Kier alpha value is -2.85. The van der Waals surface area contributed by atoms with E-state index < -0.39 is 42.6 Å². The number of para-hydroxylation sites is 2. The highest BCUT2D eigenvalue weighted by atomic mass is 35.5. The van der Waals surface area contributed by atoms with E-state index in [2.05, 4.69) is 16.0 Å². The number of halogens is 2. The van der Waals surface area contributed by atoms with Crippen LogP contribution in [0.15, 0.2) is 42.5 Å². The van der Waals surface area contributed by atoms with Crippen LogP contribution in [-0.2, 0) is 20.8 Å². The minimum absolute atomic E-state index is 0.159. The molecule has 3 atom stereocenters. The Bertz CT molecular complexity index is 966. The van der Waals surface area contributed by atoms with E-state index in [0.29, 0.717) is 27.0 Å². The van der Waals surface area contributed by atoms with E-state index in [4.69, 9.17) is 28.3 Å². The lowest BCUT2D eigenvalue weighted by Crippen LogP contribution is -2.56. The third-order valence-electron chi connectivity index (χ3n) is 4.47. The summed E-state index contributed by atoms with van der Waals surface area (Å²) in [6.07, 6.45) is -1.53. The van der Waals surface area contributed by atoms with Crippen molar-refractivity contribution < 1.29 is 29.7 Å². The Morgan fingerprint density at radius 1 is 1.00 bits per heavy atom. The molecule has 2 rings (SSSR count). The van der Waals surface area contributed by atoms with Crippen molar-refractivity contribution in [3.05, 3.63) is 58.1 Å². The molecule has 0 aliphatic rings. The predicted molar refractivity (Wildman–Crippen MR) is 120 cm³/mol. The predicted octanol–water partition coefficient (Wildman–Crippen LogP) is 1.71. The Kier molecular flexibility index (Phi) is 9.27. The van der Waals surface area contributed by atoms with Gasteiger partial charge in [-0.15, -0.1) is 0 Å². The number of nitrogens with one attached hydrogen (secondary N) is 3. The number of aliphatic hydroxyl groups excluding tert-OH is 2. The van der Waals surface area contributed by atoms with Crippen molar-refractivity contribution in [2.45, 2.75) is 31.5 Å². The molecular formula is C21H23Cl2N3O6. The fourth-order valence-corrected chi connectivity index (χ4v) is 3.30. The zero-order valence-corrected chi connectivity index (χ0v) is 18.5. The van der Waals surface area contributed by atoms with Gasteiger partial charge in [-0.2, -0.15) is 0 Å². The quantitative estimate of drug-likeness (QED) is 0.301. The van der Waals surface area contributed by atoms with E-state index in [1.807, 2.05) is 0 Å². The lowest BCUT2D eigenvalue weighted by Gasteiger charge is -2.21. The second-order valence-electron chi connectivity index (χ2n) is 6.92. The molecule has 0 saturated heterocycles. The molecule has 2 aromatic rings. The maximum Gasteiger partial charge on any atom is 0.328 e. The van der Waals surface area contributed by atoms with Gasteiger partial charge in [0.1, 0.15) is 6.04 Å². The molecule has 32 heavy (non-hydrogen) atoms. The summed E-state index contributed by atoms with van der Waals surface area (Å²) in [6.45, 7) is 0.430. The number of benzene rings is 2. The van der Waals surface area contributed by atoms with Crippen molar-refractivity contribution in [3.63, 3.8) is 0 Å². The highest BCUT2D eigenvalue weighted by Crippen LogP contribution is 2.33. The van der Waals surface area contributed by atoms with Gasteiger partial charge in [0.25, 0.3) is 0 Å². The maximum atomic E-state index is 12.5. The van der Waals surface area contributed by atoms with Crippen molar-refractivity contribution in [3.8, 4) is 0 Å². The summed E-state index contributed by atoms with van der Waals surface area (Å²) in [5.74, 6) is -2.99. The molecule has 172 valence electrons. The molecule has 2 aromatic carbocycles. The van der Waals surface area contributed by atoms with Crippen molar-refractivity contribution in [2.24, 2.45) is 0 Å². The number of carboxylic acids is 1. The van der Waals surface area contributed by atoms with Crippen molar-refractivity contribution in [2.75, 3.05) is 11.9 Å². The minimum atomic E-state index is -1.58. The SMILES string of the molecule is C[C@@H](O)[C@H](NC(=O)[C@H](CO)NC(=O)Cc1ccccc1Nc1c(Cl)cccc1Cl)C(=O)O. The van der Waals surface area contributed by atoms with Crippen LogP contribution in [0, 0.1) is 0 Å². The molecule has 9 nitrogen and oxygen atoms in total. The molecule has 2 amide bonds. The fourth-order valence-electron chi connectivity index (χ4n) is 2.80. The largest absolute Gasteiger partial charge is 0.480 e. The van der Waals surface area contributed by atoms with Crippen LogP contribution in [0.2, 0.25) is 10.0 Å². The first-order valence-electron chi connectivity index (χ1n) is 9.54. The first-order chi connectivity index (χ1) is 15.1. The molecule has 0 spiro atoms. The molecule has 0 radical (unpaired) electrons. The van der Waals surface area contributed by atoms with Crippen LogP contribution < -0.4 is 16.0 Å². The molecule has 0 saturated carbocycles. The first kappa shape index (κ1) is 25.4. The van der Waals surface area contributed by atoms with Gasteiger partial charge in [-0.05, 0) is 30.7 Å². The Balaban J connectivity index is 2.10. The van der Waals surface area contributed by atoms with Crippen LogP contribution in [0.4, 0.5) is 11.4 Å². The molecule has 0 aliphatic heterocycles. The number of carboxylic acid groups (broad SMARTS) is 1. The molecule has 0 aromatic heterocycles. The number of aliphatic hydroxyl groups is 2. The summed E-state index contributed by atoms with van der Waals surface area (Å²) < 4.78 is 0. The number of hydrogen-bond acceptors (Lipinski definition) is 6. The maximum absolute atomic E-state index is 12.5. The van der Waals surface area contributed by atoms with Gasteiger partial charge in [0.15, 0.2) is 6.04 Å². The van der Waals surface area contributed by atoms with E-state index in [0.717, 1.165) is 0 Å². The van der Waals surface area contributed by atoms with Gasteiger partial charge in [0.2, 0.25) is 11.8 Å². The van der Waals surface area contributed by atoms with Gasteiger partial charge >= 0.3 is 5.97 Å². The van der Waals surface area contributed by atoms with Crippen LogP contribution in [0.3, 0.4) is 0 Å². The van der Waals surface area contributed by atoms with Crippen LogP contribution in [0.5, 0.6) is 0 Å². The minimum Gasteiger partial charge on any atom is -0.480 e. The molecule has 0 heterocycles. The third kappa shape index (κ3) is 6.83. The molecule has 0 aliphatic carbocycles. The Morgan fingerprint density at radius 2 is 1.62 bits per heavy atom. The average Bonchev–Trinajstić information content (AvgIpc) is 2.73. The Labute approximate surface area is 194 Å². The summed E-state index contributed by atoms with van der Waals surface area (Å²) in [5.41, 5.74) is 1.59. The molecule has 6 N–H and O–H groups in total. The van der Waals surface area contributed by atoms with Gasteiger partial charge in [-0.1, -0.05) is 47.5 Å². The van der Waals surface area contributed by atoms with Gasteiger partial charge in [0, 0.05) is 5.69 Å². The summed E-state index contributed by atoms with van der Waals surface area (Å²) in [5, 5.41) is 36.3. The number of hydrogen-bond donors (Lipinski definition) is 6. The van der Waals surface area contributed by atoms with E-state index in [-0.39, 0.29) is 6.42 Å². The van der Waals surface area contributed by atoms with Crippen molar-refractivity contribution >= 4 is 52.4 Å². The first-order valence-corrected chi connectivity index (χ1v) is 10.3. The van der Waals surface area contributed by atoms with Gasteiger partial charge in [0.05, 0.1) is 34.9 Å². The molecule has 0 unspecified atom stereocenters. The standard InChI is InChI=1S/C21H23Cl2N3O6/c1-11(28)18(21(31)32)26-20(30)16(10-27)24-17(29)9-12-5-2-3-8-15(12)25-19-13(22)6-4-7-14(19)23/h2-8,11,16,18,25,27-28H,9-10H2,1H3,(H,24,29)(H,26,30)(H,31,32)/t11-,16+,18+/m1/s1. The summed E-state index contributed by atoms with van der Waals surface area (Å²) >= 11 is 12.4. The lowest BCUT2D eigenvalue weighted by atomic mass is 10.1. The van der Waals surface area contributed by atoms with Gasteiger partial charge < -0.3 is 31.3 Å².